The fourth-order valence-electron chi connectivity index (χ4n) is 4.46. The third-order valence-electron chi connectivity index (χ3n) is 5.98. The Kier molecular flexibility index (Phi) is 5.60. The number of hydrogen-bond donors (Lipinski definition) is 1. The highest BCUT2D eigenvalue weighted by Gasteiger charge is 2.28. The molecular formula is C23H28N2O3. The van der Waals surface area contributed by atoms with Crippen molar-refractivity contribution in [2.75, 3.05) is 0 Å². The molecule has 0 spiro atoms. The van der Waals surface area contributed by atoms with Crippen molar-refractivity contribution in [2.45, 2.75) is 76.9 Å². The SMILES string of the molecule is C[C@H](OC(=O)c1c2c(nc3ccccc13)CCC2)C(=O)NC1CCCCCC1. The molecule has 0 radical (unpaired) electrons. The number of para-hydroxylation sites is 1. The smallest absolute Gasteiger partial charge is 0.339 e. The summed E-state index contributed by atoms with van der Waals surface area (Å²) >= 11 is 0. The number of amides is 1. The van der Waals surface area contributed by atoms with Crippen molar-refractivity contribution in [3.8, 4) is 0 Å². The minimum Gasteiger partial charge on any atom is -0.449 e. The van der Waals surface area contributed by atoms with E-state index in [2.05, 4.69) is 5.32 Å². The standard InChI is InChI=1S/C23H28N2O3/c1-15(22(26)24-16-9-4-2-3-5-10-16)28-23(27)21-17-11-6-7-13-19(17)25-20-14-8-12-18(20)21/h6-7,11,13,15-16H,2-5,8-10,12,14H2,1H3,(H,24,26)/t15-/m0/s1. The topological polar surface area (TPSA) is 68.3 Å². The van der Waals surface area contributed by atoms with Crippen molar-refractivity contribution in [1.82, 2.24) is 10.3 Å². The first-order valence-corrected chi connectivity index (χ1v) is 10.6. The van der Waals surface area contributed by atoms with Gasteiger partial charge in [-0.05, 0) is 50.7 Å². The van der Waals surface area contributed by atoms with Crippen molar-refractivity contribution in [3.63, 3.8) is 0 Å². The lowest BCUT2D eigenvalue weighted by Gasteiger charge is -2.20. The minimum atomic E-state index is -0.806. The maximum absolute atomic E-state index is 13.1. The number of hydrogen-bond acceptors (Lipinski definition) is 4. The van der Waals surface area contributed by atoms with E-state index in [0.717, 1.165) is 67.1 Å². The average Bonchev–Trinajstić information content (AvgIpc) is 3.00. The number of nitrogens with zero attached hydrogens (tertiary/aromatic N) is 1. The van der Waals surface area contributed by atoms with Crippen molar-refractivity contribution in [1.29, 1.82) is 0 Å². The monoisotopic (exact) mass is 380 g/mol. The number of benzene rings is 1. The summed E-state index contributed by atoms with van der Waals surface area (Å²) in [5, 5.41) is 3.89. The Morgan fingerprint density at radius 1 is 1.07 bits per heavy atom. The number of esters is 1. The second-order valence-corrected chi connectivity index (χ2v) is 8.03. The van der Waals surface area contributed by atoms with Gasteiger partial charge in [-0.15, -0.1) is 0 Å². The fraction of sp³-hybridized carbons (Fsp3) is 0.522. The second-order valence-electron chi connectivity index (χ2n) is 8.03. The summed E-state index contributed by atoms with van der Waals surface area (Å²) in [6.45, 7) is 1.66. The fourth-order valence-corrected chi connectivity index (χ4v) is 4.46. The van der Waals surface area contributed by atoms with Gasteiger partial charge in [0.2, 0.25) is 0 Å². The molecule has 1 fully saturated rings. The molecule has 1 N–H and O–H groups in total. The van der Waals surface area contributed by atoms with Crippen molar-refractivity contribution < 1.29 is 14.3 Å². The molecule has 28 heavy (non-hydrogen) atoms. The minimum absolute atomic E-state index is 0.196. The van der Waals surface area contributed by atoms with Crippen LogP contribution >= 0.6 is 0 Å². The first-order chi connectivity index (χ1) is 13.6. The molecule has 1 aromatic carbocycles. The van der Waals surface area contributed by atoms with E-state index in [4.69, 9.17) is 9.72 Å². The van der Waals surface area contributed by atoms with Gasteiger partial charge < -0.3 is 10.1 Å². The molecule has 1 heterocycles. The number of nitrogens with one attached hydrogen (secondary N) is 1. The van der Waals surface area contributed by atoms with Crippen LogP contribution in [0.3, 0.4) is 0 Å². The van der Waals surface area contributed by atoms with E-state index in [-0.39, 0.29) is 11.9 Å². The molecular weight excluding hydrogens is 352 g/mol. The lowest BCUT2D eigenvalue weighted by molar-refractivity contribution is -0.129. The van der Waals surface area contributed by atoms with Crippen LogP contribution in [0.5, 0.6) is 0 Å². The zero-order chi connectivity index (χ0) is 19.5. The van der Waals surface area contributed by atoms with E-state index in [9.17, 15) is 9.59 Å². The van der Waals surface area contributed by atoms with E-state index in [1.807, 2.05) is 24.3 Å². The Morgan fingerprint density at radius 2 is 1.82 bits per heavy atom. The van der Waals surface area contributed by atoms with E-state index in [1.165, 1.54) is 12.8 Å². The normalized spacial score (nSPS) is 18.3. The van der Waals surface area contributed by atoms with Crippen LogP contribution in [0.2, 0.25) is 0 Å². The molecule has 2 aromatic rings. The molecule has 1 saturated carbocycles. The largest absolute Gasteiger partial charge is 0.449 e. The van der Waals surface area contributed by atoms with Crippen LogP contribution in [0, 0.1) is 0 Å². The van der Waals surface area contributed by atoms with Crippen LogP contribution in [0.25, 0.3) is 10.9 Å². The predicted octanol–water partition coefficient (Wildman–Crippen LogP) is 4.11. The molecule has 0 saturated heterocycles. The third kappa shape index (κ3) is 3.89. The number of carbonyl (C=O) groups is 2. The summed E-state index contributed by atoms with van der Waals surface area (Å²) in [7, 11) is 0. The van der Waals surface area contributed by atoms with Gasteiger partial charge in [-0.3, -0.25) is 9.78 Å². The number of ether oxygens (including phenoxy) is 1. The third-order valence-corrected chi connectivity index (χ3v) is 5.98. The number of aryl methyl sites for hydroxylation is 1. The van der Waals surface area contributed by atoms with Gasteiger partial charge >= 0.3 is 5.97 Å². The van der Waals surface area contributed by atoms with Crippen molar-refractivity contribution in [2.24, 2.45) is 0 Å². The van der Waals surface area contributed by atoms with Gasteiger partial charge in [0.05, 0.1) is 11.1 Å². The van der Waals surface area contributed by atoms with E-state index in [1.54, 1.807) is 6.92 Å². The van der Waals surface area contributed by atoms with Crippen LogP contribution < -0.4 is 5.32 Å². The van der Waals surface area contributed by atoms with Crippen molar-refractivity contribution in [3.05, 3.63) is 41.1 Å². The molecule has 1 atom stereocenters. The Balaban J connectivity index is 1.51. The average molecular weight is 380 g/mol. The van der Waals surface area contributed by atoms with Gasteiger partial charge in [0.1, 0.15) is 0 Å². The van der Waals surface area contributed by atoms with Crippen LogP contribution in [-0.2, 0) is 22.4 Å². The van der Waals surface area contributed by atoms with E-state index < -0.39 is 12.1 Å². The van der Waals surface area contributed by atoms with E-state index >= 15 is 0 Å². The summed E-state index contributed by atoms with van der Waals surface area (Å²) in [5.74, 6) is -0.615. The van der Waals surface area contributed by atoms with Gasteiger partial charge in [-0.1, -0.05) is 43.9 Å². The molecule has 0 unspecified atom stereocenters. The predicted molar refractivity (Wildman–Crippen MR) is 108 cm³/mol. The van der Waals surface area contributed by atoms with Gasteiger partial charge in [-0.2, -0.15) is 0 Å². The van der Waals surface area contributed by atoms with Crippen molar-refractivity contribution >= 4 is 22.8 Å². The van der Waals surface area contributed by atoms with Gasteiger partial charge in [0.25, 0.3) is 5.91 Å². The summed E-state index contributed by atoms with van der Waals surface area (Å²) in [5.41, 5.74) is 3.37. The van der Waals surface area contributed by atoms with Crippen LogP contribution in [0.4, 0.5) is 0 Å². The maximum Gasteiger partial charge on any atom is 0.339 e. The highest BCUT2D eigenvalue weighted by molar-refractivity contribution is 6.06. The molecule has 0 bridgehead atoms. The molecule has 1 amide bonds. The number of carbonyl (C=O) groups excluding carboxylic acids is 2. The van der Waals surface area contributed by atoms with Crippen LogP contribution in [0.1, 0.15) is 73.5 Å². The lowest BCUT2D eigenvalue weighted by Crippen LogP contribution is -2.42. The molecule has 5 heteroatoms. The number of rotatable bonds is 4. The highest BCUT2D eigenvalue weighted by atomic mass is 16.5. The molecule has 4 rings (SSSR count). The van der Waals surface area contributed by atoms with Gasteiger partial charge in [0.15, 0.2) is 6.10 Å². The Hall–Kier alpha value is -2.43. The second kappa shape index (κ2) is 8.29. The summed E-state index contributed by atoms with van der Waals surface area (Å²) in [4.78, 5) is 30.3. The first-order valence-electron chi connectivity index (χ1n) is 10.6. The Labute approximate surface area is 165 Å². The first kappa shape index (κ1) is 18.9. The molecule has 5 nitrogen and oxygen atoms in total. The van der Waals surface area contributed by atoms with Crippen LogP contribution in [0.15, 0.2) is 24.3 Å². The summed E-state index contributed by atoms with van der Waals surface area (Å²) in [6, 6.07) is 7.86. The molecule has 2 aliphatic rings. The zero-order valence-corrected chi connectivity index (χ0v) is 16.5. The molecule has 1 aromatic heterocycles. The Bertz CT molecular complexity index is 885. The number of fused-ring (bicyclic) bond motifs is 2. The number of aromatic nitrogens is 1. The Morgan fingerprint density at radius 3 is 2.61 bits per heavy atom. The van der Waals surface area contributed by atoms with Gasteiger partial charge in [0, 0.05) is 17.1 Å². The molecule has 148 valence electrons. The lowest BCUT2D eigenvalue weighted by atomic mass is 10.0. The number of pyridine rings is 1. The molecule has 0 aliphatic heterocycles. The highest BCUT2D eigenvalue weighted by Crippen LogP contribution is 2.30. The van der Waals surface area contributed by atoms with Gasteiger partial charge in [-0.25, -0.2) is 4.79 Å². The maximum atomic E-state index is 13.1. The summed E-state index contributed by atoms with van der Waals surface area (Å²) < 4.78 is 5.63. The van der Waals surface area contributed by atoms with E-state index in [0.29, 0.717) is 5.56 Å². The summed E-state index contributed by atoms with van der Waals surface area (Å²) in [6.07, 6.45) is 8.69. The molecule has 2 aliphatic carbocycles. The quantitative estimate of drug-likeness (QED) is 0.640. The zero-order valence-electron chi connectivity index (χ0n) is 16.5. The van der Waals surface area contributed by atoms with Crippen LogP contribution in [-0.4, -0.2) is 29.0 Å².